The molecule has 24 heavy (non-hydrogen) atoms. The van der Waals surface area contributed by atoms with Crippen LogP contribution >= 0.6 is 11.3 Å². The lowest BCUT2D eigenvalue weighted by atomic mass is 10.0. The molecular weight excluding hydrogens is 343 g/mol. The number of hydrogen-bond acceptors (Lipinski definition) is 4. The van der Waals surface area contributed by atoms with Crippen LogP contribution in [0.5, 0.6) is 0 Å². The fourth-order valence-corrected chi connectivity index (χ4v) is 2.93. The van der Waals surface area contributed by atoms with Gasteiger partial charge in [-0.1, -0.05) is 29.8 Å². The topological polar surface area (TPSA) is 55.4 Å². The van der Waals surface area contributed by atoms with Gasteiger partial charge in [0.25, 0.3) is 0 Å². The van der Waals surface area contributed by atoms with Crippen molar-refractivity contribution >= 4 is 28.2 Å². The van der Waals surface area contributed by atoms with E-state index in [1.807, 2.05) is 19.1 Å². The first kappa shape index (κ1) is 18.0. The number of halogens is 3. The summed E-state index contributed by atoms with van der Waals surface area (Å²) in [6, 6.07) is 7.12. The number of esters is 1. The Balaban J connectivity index is 2.47. The number of amides is 1. The third-order valence-electron chi connectivity index (χ3n) is 3.12. The van der Waals surface area contributed by atoms with Crippen molar-refractivity contribution in [2.45, 2.75) is 20.0 Å². The lowest BCUT2D eigenvalue weighted by Gasteiger charge is -2.10. The van der Waals surface area contributed by atoms with E-state index in [1.54, 1.807) is 24.4 Å². The summed E-state index contributed by atoms with van der Waals surface area (Å²) in [5.41, 5.74) is 1.98. The van der Waals surface area contributed by atoms with Gasteiger partial charge < -0.3 is 10.1 Å². The van der Waals surface area contributed by atoms with E-state index in [2.05, 4.69) is 0 Å². The van der Waals surface area contributed by atoms with Crippen molar-refractivity contribution in [1.82, 2.24) is 0 Å². The molecule has 0 unspecified atom stereocenters. The molecule has 0 saturated heterocycles. The van der Waals surface area contributed by atoms with Crippen LogP contribution in [0.1, 0.15) is 22.8 Å². The number of aryl methyl sites for hydroxylation is 1. The number of carbonyl (C=O) groups excluding carboxylic acids is 2. The molecule has 1 heterocycles. The van der Waals surface area contributed by atoms with Gasteiger partial charge in [-0.25, -0.2) is 4.79 Å². The van der Waals surface area contributed by atoms with Gasteiger partial charge in [0, 0.05) is 10.9 Å². The maximum absolute atomic E-state index is 12.5. The van der Waals surface area contributed by atoms with E-state index in [1.165, 1.54) is 5.38 Å². The van der Waals surface area contributed by atoms with Crippen LogP contribution in [0.15, 0.2) is 29.6 Å². The van der Waals surface area contributed by atoms with Crippen molar-refractivity contribution in [2.75, 3.05) is 11.9 Å². The maximum Gasteiger partial charge on any atom is 0.471 e. The van der Waals surface area contributed by atoms with Crippen LogP contribution in [0.3, 0.4) is 0 Å². The molecule has 8 heteroatoms. The predicted octanol–water partition coefficient (Wildman–Crippen LogP) is 4.40. The molecule has 0 atom stereocenters. The molecule has 2 aromatic rings. The van der Waals surface area contributed by atoms with E-state index in [-0.39, 0.29) is 17.2 Å². The highest BCUT2D eigenvalue weighted by molar-refractivity contribution is 7.15. The average molecular weight is 357 g/mol. The van der Waals surface area contributed by atoms with Gasteiger partial charge >= 0.3 is 18.1 Å². The zero-order chi connectivity index (χ0) is 17.9. The van der Waals surface area contributed by atoms with Crippen LogP contribution in [0.4, 0.5) is 18.2 Å². The maximum atomic E-state index is 12.5. The monoisotopic (exact) mass is 357 g/mol. The van der Waals surface area contributed by atoms with Crippen LogP contribution in [0.25, 0.3) is 11.1 Å². The third-order valence-corrected chi connectivity index (χ3v) is 4.01. The number of carbonyl (C=O) groups is 2. The molecular formula is C16H14F3NO3S. The van der Waals surface area contributed by atoms with Gasteiger partial charge in [0.15, 0.2) is 0 Å². The van der Waals surface area contributed by atoms with E-state index in [4.69, 9.17) is 4.74 Å². The molecule has 0 spiro atoms. The molecule has 0 fully saturated rings. The molecule has 0 aliphatic rings. The van der Waals surface area contributed by atoms with E-state index < -0.39 is 18.1 Å². The summed E-state index contributed by atoms with van der Waals surface area (Å²) in [5.74, 6) is -2.92. The standard InChI is InChI=1S/C16H14F3NO3S/c1-3-23-14(21)12-11(10-6-4-9(2)5-7-10)8-24-13(12)20-15(22)16(17,18)19/h4-8H,3H2,1-2H3,(H,20,22). The number of nitrogens with one attached hydrogen (secondary N) is 1. The molecule has 1 aromatic carbocycles. The van der Waals surface area contributed by atoms with Gasteiger partial charge in [0.1, 0.15) is 10.6 Å². The first-order valence-corrected chi connectivity index (χ1v) is 7.85. The predicted molar refractivity (Wildman–Crippen MR) is 85.1 cm³/mol. The van der Waals surface area contributed by atoms with Crippen molar-refractivity contribution in [3.63, 3.8) is 0 Å². The van der Waals surface area contributed by atoms with Crippen LogP contribution < -0.4 is 5.32 Å². The molecule has 1 amide bonds. The minimum Gasteiger partial charge on any atom is -0.462 e. The lowest BCUT2D eigenvalue weighted by molar-refractivity contribution is -0.167. The highest BCUT2D eigenvalue weighted by atomic mass is 32.1. The Hall–Kier alpha value is -2.35. The summed E-state index contributed by atoms with van der Waals surface area (Å²) in [6.45, 7) is 3.54. The molecule has 1 aromatic heterocycles. The minimum atomic E-state index is -5.04. The molecule has 1 N–H and O–H groups in total. The van der Waals surface area contributed by atoms with Gasteiger partial charge in [-0.05, 0) is 19.4 Å². The normalized spacial score (nSPS) is 11.2. The minimum absolute atomic E-state index is 0.0642. The molecule has 0 aliphatic carbocycles. The zero-order valence-corrected chi connectivity index (χ0v) is 13.7. The molecule has 128 valence electrons. The number of alkyl halides is 3. The van der Waals surface area contributed by atoms with Crippen molar-refractivity contribution in [3.8, 4) is 11.1 Å². The van der Waals surface area contributed by atoms with E-state index in [0.717, 1.165) is 16.9 Å². The van der Waals surface area contributed by atoms with Crippen LogP contribution in [-0.4, -0.2) is 24.7 Å². The van der Waals surface area contributed by atoms with Crippen molar-refractivity contribution < 1.29 is 27.5 Å². The molecule has 0 saturated carbocycles. The Morgan fingerprint density at radius 1 is 1.21 bits per heavy atom. The number of ether oxygens (including phenoxy) is 1. The Bertz CT molecular complexity index is 751. The molecule has 0 radical (unpaired) electrons. The zero-order valence-electron chi connectivity index (χ0n) is 12.9. The number of benzene rings is 1. The first-order chi connectivity index (χ1) is 11.2. The second-order valence-electron chi connectivity index (χ2n) is 4.89. The van der Waals surface area contributed by atoms with Crippen LogP contribution in [-0.2, 0) is 9.53 Å². The van der Waals surface area contributed by atoms with Gasteiger partial charge in [-0.2, -0.15) is 13.2 Å². The Morgan fingerprint density at radius 2 is 1.83 bits per heavy atom. The van der Waals surface area contributed by atoms with E-state index in [0.29, 0.717) is 11.1 Å². The fourth-order valence-electron chi connectivity index (χ4n) is 1.98. The molecule has 0 bridgehead atoms. The van der Waals surface area contributed by atoms with Crippen molar-refractivity contribution in [3.05, 3.63) is 40.8 Å². The Morgan fingerprint density at radius 3 is 2.38 bits per heavy atom. The van der Waals surface area contributed by atoms with Gasteiger partial charge in [0.05, 0.1) is 6.61 Å². The second-order valence-corrected chi connectivity index (χ2v) is 5.77. The molecule has 4 nitrogen and oxygen atoms in total. The van der Waals surface area contributed by atoms with Gasteiger partial charge in [0.2, 0.25) is 0 Å². The van der Waals surface area contributed by atoms with Crippen molar-refractivity contribution in [1.29, 1.82) is 0 Å². The number of rotatable bonds is 4. The first-order valence-electron chi connectivity index (χ1n) is 6.97. The van der Waals surface area contributed by atoms with Crippen molar-refractivity contribution in [2.24, 2.45) is 0 Å². The summed E-state index contributed by atoms with van der Waals surface area (Å²) < 4.78 is 42.3. The lowest BCUT2D eigenvalue weighted by Crippen LogP contribution is -2.30. The average Bonchev–Trinajstić information content (AvgIpc) is 2.91. The third kappa shape index (κ3) is 3.94. The number of thiophene rings is 1. The Labute approximate surface area is 140 Å². The summed E-state index contributed by atoms with van der Waals surface area (Å²) in [6.07, 6.45) is -5.04. The number of anilines is 1. The van der Waals surface area contributed by atoms with E-state index in [9.17, 15) is 22.8 Å². The SMILES string of the molecule is CCOC(=O)c1c(-c2ccc(C)cc2)csc1NC(=O)C(F)(F)F. The highest BCUT2D eigenvalue weighted by Gasteiger charge is 2.39. The van der Waals surface area contributed by atoms with Gasteiger partial charge in [-0.15, -0.1) is 11.3 Å². The second kappa shape index (κ2) is 7.04. The summed E-state index contributed by atoms with van der Waals surface area (Å²) in [7, 11) is 0. The fraction of sp³-hybridized carbons (Fsp3) is 0.250. The Kier molecular flexibility index (Phi) is 5.28. The van der Waals surface area contributed by atoms with Crippen LogP contribution in [0, 0.1) is 6.92 Å². The largest absolute Gasteiger partial charge is 0.471 e. The summed E-state index contributed by atoms with van der Waals surface area (Å²) in [5, 5.41) is 3.07. The smallest absolute Gasteiger partial charge is 0.462 e. The number of hydrogen-bond donors (Lipinski definition) is 1. The summed E-state index contributed by atoms with van der Waals surface area (Å²) in [4.78, 5) is 23.3. The van der Waals surface area contributed by atoms with Gasteiger partial charge in [-0.3, -0.25) is 4.79 Å². The quantitative estimate of drug-likeness (QED) is 0.825. The molecule has 0 aliphatic heterocycles. The summed E-state index contributed by atoms with van der Waals surface area (Å²) >= 11 is 0.841. The molecule has 2 rings (SSSR count). The van der Waals surface area contributed by atoms with Crippen LogP contribution in [0.2, 0.25) is 0 Å². The van der Waals surface area contributed by atoms with E-state index >= 15 is 0 Å². The highest BCUT2D eigenvalue weighted by Crippen LogP contribution is 2.37.